The number of nitrogens with zero attached hydrogens (tertiary/aromatic N) is 4. The van der Waals surface area contributed by atoms with Crippen LogP contribution in [0.2, 0.25) is 0 Å². The first-order valence-corrected chi connectivity index (χ1v) is 11.6. The lowest BCUT2D eigenvalue weighted by molar-refractivity contribution is 0.787. The topological polar surface area (TPSA) is 46.0 Å². The number of hydrogen-bond acceptors (Lipinski definition) is 5. The van der Waals surface area contributed by atoms with Crippen molar-refractivity contribution < 1.29 is 0 Å². The Morgan fingerprint density at radius 3 is 2.65 bits per heavy atom. The Morgan fingerprint density at radius 1 is 1.13 bits per heavy atom. The van der Waals surface area contributed by atoms with Crippen molar-refractivity contribution in [3.05, 3.63) is 71.4 Å². The van der Waals surface area contributed by atoms with Gasteiger partial charge in [0.15, 0.2) is 5.13 Å². The second-order valence-corrected chi connectivity index (χ2v) is 9.35. The Labute approximate surface area is 187 Å². The molecule has 1 N–H and O–H groups in total. The van der Waals surface area contributed by atoms with Gasteiger partial charge < -0.3 is 10.2 Å². The van der Waals surface area contributed by atoms with Crippen molar-refractivity contribution in [1.82, 2.24) is 14.8 Å². The molecule has 158 valence electrons. The number of anilines is 3. The third-order valence-corrected chi connectivity index (χ3v) is 6.53. The number of nitrogens with one attached hydrogen (secondary N) is 1. The molecule has 2 heterocycles. The summed E-state index contributed by atoms with van der Waals surface area (Å²) in [5.41, 5.74) is 7.87. The van der Waals surface area contributed by atoms with Crippen LogP contribution >= 0.6 is 11.3 Å². The van der Waals surface area contributed by atoms with Crippen LogP contribution in [0.3, 0.4) is 0 Å². The van der Waals surface area contributed by atoms with Crippen LogP contribution in [0.5, 0.6) is 0 Å². The summed E-state index contributed by atoms with van der Waals surface area (Å²) in [4.78, 5) is 7.19. The van der Waals surface area contributed by atoms with Gasteiger partial charge in [0.1, 0.15) is 0 Å². The maximum atomic E-state index is 4.83. The molecule has 0 radical (unpaired) electrons. The fourth-order valence-electron chi connectivity index (χ4n) is 3.69. The lowest BCUT2D eigenvalue weighted by Gasteiger charge is -2.20. The van der Waals surface area contributed by atoms with E-state index in [4.69, 9.17) is 4.98 Å². The van der Waals surface area contributed by atoms with Crippen LogP contribution in [0.1, 0.15) is 24.0 Å². The third kappa shape index (κ3) is 4.49. The minimum absolute atomic E-state index is 0.868. The zero-order chi connectivity index (χ0) is 21.4. The first-order chi connectivity index (χ1) is 15.0. The number of aryl methyl sites for hydroxylation is 2. The Bertz CT molecular complexity index is 1190. The molecule has 1 saturated carbocycles. The third-order valence-electron chi connectivity index (χ3n) is 5.78. The molecule has 0 unspecified atom stereocenters. The van der Waals surface area contributed by atoms with E-state index >= 15 is 0 Å². The van der Waals surface area contributed by atoms with E-state index in [2.05, 4.69) is 77.1 Å². The molecule has 31 heavy (non-hydrogen) atoms. The standard InChI is InChI=1S/C25H27N5S/c1-17-13-26-30(14-17)21-10-7-20(8-11-21)24-16-31-25(28-24)27-23-12-22(9-4-18(23)2)29(3)15-19-5-6-19/h4,7-14,16,19H,5-6,15H2,1-3H3,(H,27,28). The molecule has 2 aromatic heterocycles. The minimum atomic E-state index is 0.868. The number of rotatable bonds is 7. The molecule has 5 nitrogen and oxygen atoms in total. The second-order valence-electron chi connectivity index (χ2n) is 8.50. The molecule has 0 bridgehead atoms. The number of aromatic nitrogens is 3. The average molecular weight is 430 g/mol. The molecule has 4 aromatic rings. The molecule has 0 atom stereocenters. The van der Waals surface area contributed by atoms with Gasteiger partial charge in [0.25, 0.3) is 0 Å². The van der Waals surface area contributed by atoms with Crippen molar-refractivity contribution >= 4 is 27.8 Å². The smallest absolute Gasteiger partial charge is 0.187 e. The summed E-state index contributed by atoms with van der Waals surface area (Å²) in [5, 5.41) is 10.9. The Hall–Kier alpha value is -3.12. The molecule has 0 saturated heterocycles. The lowest BCUT2D eigenvalue weighted by Crippen LogP contribution is -2.19. The Morgan fingerprint density at radius 2 is 1.94 bits per heavy atom. The Balaban J connectivity index is 1.31. The number of hydrogen-bond donors (Lipinski definition) is 1. The average Bonchev–Trinajstić information content (AvgIpc) is 3.28. The van der Waals surface area contributed by atoms with E-state index in [9.17, 15) is 0 Å². The predicted molar refractivity (Wildman–Crippen MR) is 130 cm³/mol. The van der Waals surface area contributed by atoms with Crippen LogP contribution in [0.15, 0.2) is 60.2 Å². The summed E-state index contributed by atoms with van der Waals surface area (Å²) >= 11 is 1.63. The van der Waals surface area contributed by atoms with Gasteiger partial charge in [-0.25, -0.2) is 9.67 Å². The van der Waals surface area contributed by atoms with Crippen molar-refractivity contribution in [2.24, 2.45) is 5.92 Å². The van der Waals surface area contributed by atoms with Gasteiger partial charge in [0.05, 0.1) is 17.6 Å². The number of benzene rings is 2. The van der Waals surface area contributed by atoms with Crippen LogP contribution in [-0.2, 0) is 0 Å². The van der Waals surface area contributed by atoms with Crippen molar-refractivity contribution in [3.8, 4) is 16.9 Å². The van der Waals surface area contributed by atoms with Crippen molar-refractivity contribution in [2.75, 3.05) is 23.8 Å². The van der Waals surface area contributed by atoms with E-state index in [1.165, 1.54) is 24.1 Å². The Kier molecular flexibility index (Phi) is 5.24. The SMILES string of the molecule is Cc1cnn(-c2ccc(-c3csc(Nc4cc(N(C)CC5CC5)ccc4C)n3)cc2)c1. The lowest BCUT2D eigenvalue weighted by atomic mass is 10.1. The molecule has 0 spiro atoms. The largest absolute Gasteiger partial charge is 0.374 e. The number of thiazole rings is 1. The van der Waals surface area contributed by atoms with Crippen molar-refractivity contribution in [3.63, 3.8) is 0 Å². The van der Waals surface area contributed by atoms with Crippen LogP contribution in [0, 0.1) is 19.8 Å². The normalized spacial score (nSPS) is 13.4. The zero-order valence-corrected chi connectivity index (χ0v) is 19.0. The summed E-state index contributed by atoms with van der Waals surface area (Å²) in [5.74, 6) is 0.868. The van der Waals surface area contributed by atoms with E-state index in [0.717, 1.165) is 45.8 Å². The van der Waals surface area contributed by atoms with Crippen LogP contribution in [0.25, 0.3) is 16.9 Å². The fourth-order valence-corrected chi connectivity index (χ4v) is 4.43. The van der Waals surface area contributed by atoms with Gasteiger partial charge in [0.2, 0.25) is 0 Å². The van der Waals surface area contributed by atoms with Gasteiger partial charge in [-0.05, 0) is 68.0 Å². The van der Waals surface area contributed by atoms with Crippen LogP contribution in [-0.4, -0.2) is 28.4 Å². The molecule has 5 rings (SSSR count). The maximum absolute atomic E-state index is 4.83. The fraction of sp³-hybridized carbons (Fsp3) is 0.280. The van der Waals surface area contributed by atoms with Crippen molar-refractivity contribution in [2.45, 2.75) is 26.7 Å². The molecule has 6 heteroatoms. The molecule has 2 aromatic carbocycles. The predicted octanol–water partition coefficient (Wildman–Crippen LogP) is 6.20. The van der Waals surface area contributed by atoms with Gasteiger partial charge in [-0.2, -0.15) is 5.10 Å². The van der Waals surface area contributed by atoms with Crippen LogP contribution in [0.4, 0.5) is 16.5 Å². The van der Waals surface area contributed by atoms with Gasteiger partial charge in [-0.3, -0.25) is 0 Å². The summed E-state index contributed by atoms with van der Waals surface area (Å²) in [6, 6.07) is 15.0. The van der Waals surface area contributed by atoms with E-state index in [1.54, 1.807) is 11.3 Å². The van der Waals surface area contributed by atoms with E-state index in [-0.39, 0.29) is 0 Å². The molecule has 1 aliphatic rings. The highest BCUT2D eigenvalue weighted by Crippen LogP contribution is 2.33. The highest BCUT2D eigenvalue weighted by atomic mass is 32.1. The molecular formula is C25H27N5S. The molecule has 0 amide bonds. The zero-order valence-electron chi connectivity index (χ0n) is 18.2. The van der Waals surface area contributed by atoms with E-state index < -0.39 is 0 Å². The first-order valence-electron chi connectivity index (χ1n) is 10.7. The highest BCUT2D eigenvalue weighted by Gasteiger charge is 2.23. The summed E-state index contributed by atoms with van der Waals surface area (Å²) in [7, 11) is 2.18. The molecule has 1 aliphatic carbocycles. The monoisotopic (exact) mass is 429 g/mol. The minimum Gasteiger partial charge on any atom is -0.374 e. The summed E-state index contributed by atoms with van der Waals surface area (Å²) in [6.07, 6.45) is 6.63. The van der Waals surface area contributed by atoms with E-state index in [1.807, 2.05) is 24.0 Å². The van der Waals surface area contributed by atoms with Crippen molar-refractivity contribution in [1.29, 1.82) is 0 Å². The van der Waals surface area contributed by atoms with Gasteiger partial charge >= 0.3 is 0 Å². The second kappa shape index (κ2) is 8.19. The van der Waals surface area contributed by atoms with Crippen LogP contribution < -0.4 is 10.2 Å². The maximum Gasteiger partial charge on any atom is 0.187 e. The molecule has 0 aliphatic heterocycles. The van der Waals surface area contributed by atoms with E-state index in [0.29, 0.717) is 0 Å². The highest BCUT2D eigenvalue weighted by molar-refractivity contribution is 7.14. The quantitative estimate of drug-likeness (QED) is 0.380. The van der Waals surface area contributed by atoms with Gasteiger partial charge in [-0.15, -0.1) is 11.3 Å². The summed E-state index contributed by atoms with van der Waals surface area (Å²) in [6.45, 7) is 5.32. The van der Waals surface area contributed by atoms with Gasteiger partial charge in [0, 0.05) is 42.1 Å². The van der Waals surface area contributed by atoms with Gasteiger partial charge in [-0.1, -0.05) is 18.2 Å². The summed E-state index contributed by atoms with van der Waals surface area (Å²) < 4.78 is 1.89. The molecular weight excluding hydrogens is 402 g/mol. The first kappa shape index (κ1) is 19.8. The molecule has 1 fully saturated rings.